The molecule has 30 nitrogen and oxygen atoms in total. The topological polar surface area (TPSA) is 434 Å². The summed E-state index contributed by atoms with van der Waals surface area (Å²) in [6.07, 6.45) is 0.152. The van der Waals surface area contributed by atoms with E-state index in [0.717, 1.165) is 11.8 Å². The molecule has 12 atom stereocenters. The number of fused-ring (bicyclic) bond motifs is 28. The van der Waals surface area contributed by atoms with E-state index < -0.39 is 175 Å². The van der Waals surface area contributed by atoms with E-state index in [1.165, 1.54) is 86.3 Å². The molecule has 2 fully saturated rings. The number of carbonyl (C=O) groups excluding carboxylic acids is 11. The van der Waals surface area contributed by atoms with E-state index in [1.807, 2.05) is 0 Å². The number of halogens is 3. The number of amides is 11. The van der Waals surface area contributed by atoms with Crippen LogP contribution in [-0.2, 0) is 84.8 Å². The molecule has 106 heavy (non-hydrogen) atoms. The zero-order valence-electron chi connectivity index (χ0n) is 59.1. The number of hydrogen-bond donors (Lipinski definition) is 13. The zero-order valence-corrected chi connectivity index (χ0v) is 59.1. The number of hydrogen-bond acceptors (Lipinski definition) is 16. The van der Waals surface area contributed by atoms with E-state index >= 15 is 23.2 Å². The van der Waals surface area contributed by atoms with Crippen molar-refractivity contribution in [3.05, 3.63) is 143 Å². The highest BCUT2D eigenvalue weighted by Gasteiger charge is 2.50. The van der Waals surface area contributed by atoms with E-state index in [9.17, 15) is 47.9 Å². The van der Waals surface area contributed by atoms with Gasteiger partial charge in [0.05, 0.1) is 37.3 Å². The van der Waals surface area contributed by atoms with Crippen LogP contribution in [0.4, 0.5) is 13.2 Å². The number of nitrogens with one attached hydrogen (secondary N) is 10. The van der Waals surface area contributed by atoms with Gasteiger partial charge in [0.25, 0.3) is 0 Å². The summed E-state index contributed by atoms with van der Waals surface area (Å²) in [6.45, 7) is 4.64. The first-order valence-corrected chi connectivity index (χ1v) is 35.1. The number of unbranched alkanes of at least 4 members (excludes halogenated alkanes) is 1. The van der Waals surface area contributed by atoms with Gasteiger partial charge in [-0.2, -0.15) is 0 Å². The lowest BCUT2D eigenvalue weighted by Gasteiger charge is -2.37. The summed E-state index contributed by atoms with van der Waals surface area (Å²) in [4.78, 5) is 168. The molecule has 11 amide bonds. The molecule has 33 heteroatoms. The Morgan fingerprint density at radius 3 is 1.97 bits per heavy atom. The molecule has 4 bridgehead atoms. The summed E-state index contributed by atoms with van der Waals surface area (Å²) >= 11 is 0. The fourth-order valence-corrected chi connectivity index (χ4v) is 13.7. The highest BCUT2D eigenvalue weighted by atomic mass is 19.1. The predicted octanol–water partition coefficient (Wildman–Crippen LogP) is 0.967. The maximum atomic E-state index is 16.2. The fraction of sp³-hybridized carbons (Fsp3) is 0.438. The molecule has 4 aliphatic rings. The van der Waals surface area contributed by atoms with Crippen LogP contribution in [0.25, 0.3) is 27.5 Å². The lowest BCUT2D eigenvalue weighted by atomic mass is 9.94. The third-order valence-electron chi connectivity index (χ3n) is 19.6. The van der Waals surface area contributed by atoms with Crippen molar-refractivity contribution >= 4 is 86.8 Å². The molecule has 7 aromatic rings. The highest BCUT2D eigenvalue weighted by molar-refractivity contribution is 6.01. The quantitative estimate of drug-likeness (QED) is 0.0533. The minimum Gasteiger partial charge on any atom is -0.497 e. The molecule has 564 valence electrons. The number of aromatic amines is 2. The Hall–Kier alpha value is -11.2. The Kier molecular flexibility index (Phi) is 24.9. The van der Waals surface area contributed by atoms with Gasteiger partial charge in [-0.25, -0.2) is 17.9 Å². The first-order valence-electron chi connectivity index (χ1n) is 35.1. The number of rotatable bonds is 14. The summed E-state index contributed by atoms with van der Waals surface area (Å²) in [6, 6.07) is 6.77. The average Bonchev–Trinajstić information content (AvgIpc) is 1.61. The second kappa shape index (κ2) is 34.1. The van der Waals surface area contributed by atoms with Gasteiger partial charge in [0.2, 0.25) is 65.0 Å². The first-order chi connectivity index (χ1) is 50.6. The molecule has 3 aromatic heterocycles. The van der Waals surface area contributed by atoms with Crippen molar-refractivity contribution in [2.45, 2.75) is 177 Å². The molecule has 0 saturated carbocycles. The van der Waals surface area contributed by atoms with Crippen molar-refractivity contribution in [3.8, 4) is 11.4 Å². The number of aryl methyl sites for hydroxylation is 1. The predicted molar refractivity (Wildman–Crippen MR) is 379 cm³/mol. The summed E-state index contributed by atoms with van der Waals surface area (Å²) in [5.41, 5.74) is 13.4. The molecule has 0 radical (unpaired) electrons. The molecule has 2 saturated heterocycles. The lowest BCUT2D eigenvalue weighted by molar-refractivity contribution is -0.147. The van der Waals surface area contributed by atoms with Gasteiger partial charge >= 0.3 is 0 Å². The first kappa shape index (κ1) is 77.4. The molecule has 4 aliphatic heterocycles. The molecule has 0 aliphatic carbocycles. The summed E-state index contributed by atoms with van der Waals surface area (Å²) in [7, 11) is 1.45. The van der Waals surface area contributed by atoms with Crippen LogP contribution in [0.2, 0.25) is 0 Å². The van der Waals surface area contributed by atoms with Gasteiger partial charge < -0.3 is 83.6 Å². The second-order valence-electron chi connectivity index (χ2n) is 27.4. The number of primary amides is 1. The van der Waals surface area contributed by atoms with E-state index in [-0.39, 0.29) is 62.6 Å². The maximum Gasteiger partial charge on any atom is 0.246 e. The van der Waals surface area contributed by atoms with E-state index in [2.05, 4.69) is 62.8 Å². The van der Waals surface area contributed by atoms with E-state index in [1.54, 1.807) is 54.7 Å². The van der Waals surface area contributed by atoms with E-state index in [0.29, 0.717) is 69.5 Å². The van der Waals surface area contributed by atoms with Crippen molar-refractivity contribution < 1.29 is 75.8 Å². The van der Waals surface area contributed by atoms with Crippen molar-refractivity contribution in [3.63, 3.8) is 0 Å². The molecule has 15 N–H and O–H groups in total. The van der Waals surface area contributed by atoms with Crippen molar-refractivity contribution in [1.82, 2.24) is 77.3 Å². The number of carbonyl (C=O) groups is 11. The Morgan fingerprint density at radius 2 is 1.35 bits per heavy atom. The number of alkyl halides is 1. The van der Waals surface area contributed by atoms with Crippen LogP contribution >= 0.6 is 0 Å². The van der Waals surface area contributed by atoms with Crippen LogP contribution in [0.15, 0.2) is 104 Å². The maximum absolute atomic E-state index is 16.2. The zero-order chi connectivity index (χ0) is 76.3. The summed E-state index contributed by atoms with van der Waals surface area (Å²) < 4.78 is 53.1. The number of nitrogens with zero attached hydrogens (tertiary/aromatic N) is 5. The fourth-order valence-electron chi connectivity index (χ4n) is 13.7. The number of aliphatic hydroxyl groups is 1. The van der Waals surface area contributed by atoms with Crippen molar-refractivity contribution in [2.24, 2.45) is 11.5 Å². The van der Waals surface area contributed by atoms with Gasteiger partial charge in [0.15, 0.2) is 0 Å². The largest absolute Gasteiger partial charge is 0.497 e. The third-order valence-corrected chi connectivity index (χ3v) is 19.6. The number of benzene rings is 4. The van der Waals surface area contributed by atoms with Crippen LogP contribution in [0, 0.1) is 11.6 Å². The molecular formula is C73H88F3N17O13. The molecule has 11 rings (SSSR count). The van der Waals surface area contributed by atoms with Crippen LogP contribution in [-0.4, -0.2) is 204 Å². The number of nitrogens with two attached hydrogens (primary N) is 2. The van der Waals surface area contributed by atoms with Gasteiger partial charge in [-0.3, -0.25) is 52.7 Å². The number of H-pyrrole nitrogens is 2. The van der Waals surface area contributed by atoms with Crippen LogP contribution in [0.1, 0.15) is 101 Å². The monoisotopic (exact) mass is 1470 g/mol. The van der Waals surface area contributed by atoms with Gasteiger partial charge in [-0.1, -0.05) is 29.5 Å². The Morgan fingerprint density at radius 1 is 0.736 bits per heavy atom. The minimum absolute atomic E-state index is 0.00332. The van der Waals surface area contributed by atoms with Gasteiger partial charge in [0.1, 0.15) is 83.5 Å². The van der Waals surface area contributed by atoms with Gasteiger partial charge in [0, 0.05) is 79.8 Å². The molecule has 4 aromatic carbocycles. The third kappa shape index (κ3) is 18.6. The standard InChI is InChI=1S/C73H88F3N17O13/c1-38-64(97)84-58(29-43-34-79-53-21-14-45(74)31-51(43)53)67(100)85-60(30-44-35-80-54-22-15-46(75)32-52(44)54)70(103)91-36-47(76)33-61(91)68(101)88-62(39(2)94)69(102)86-59(28-42-12-19-50(106-5)20-13-42)71(104)92-26-8-24-73(92,4)72(105)87-57(63(78)96)27-41-10-17-49(18-11-41)93-37-48(89-90-93)16-23-56(82-40(3)95)66(99)83-55(65(98)81-38)9-6-7-25-77/h10-15,17-22,31-32,34-35,37-39,47,55-62,79-80,94H,6-9,16,23-30,33,36,77H2,1-5H3,(H2,78,96)(H,81,98)(H,82,95)(H,83,99)(H,84,97)(H,85,100)(H,86,102)(H,87,105)(H,88,101)/t38-,39+,47+,55+,56-,57+,58+,59+,60+,61+,62+,73+/m1/s1. The summed E-state index contributed by atoms with van der Waals surface area (Å²) in [5.74, 6) is -10.9. The van der Waals surface area contributed by atoms with Gasteiger partial charge in [-0.05, 0) is 155 Å². The van der Waals surface area contributed by atoms with Crippen molar-refractivity contribution in [2.75, 3.05) is 26.7 Å². The van der Waals surface area contributed by atoms with Gasteiger partial charge in [-0.15, -0.1) is 5.10 Å². The molecule has 7 heterocycles. The lowest BCUT2D eigenvalue weighted by Crippen LogP contribution is -2.64. The van der Waals surface area contributed by atoms with Crippen molar-refractivity contribution in [1.29, 1.82) is 0 Å². The average molecular weight is 1470 g/mol. The Bertz CT molecular complexity index is 4420. The SMILES string of the molecule is COc1ccc(C[C@@H]2NC(=O)[C@H]([C@H](C)O)NC(=O)[C@@H]3C[C@H](F)CN3C(=O)[C@H](Cc3c[nH]c4ccc(F)cc34)NC(=O)[C@H](Cc3c[nH]c4ccc(F)cc34)NC(=O)[C@@H](C)NC(=O)[C@H](CCCCN)NC(=O)[C@H](NC(C)=O)CCc3cn(nn3)-c3ccc(cc3)C[C@@H](C(N)=O)NC(=O)[C@]3(C)CCCN3C2=O)cc1. The van der Waals surface area contributed by atoms with E-state index in [4.69, 9.17) is 16.2 Å². The normalized spacial score (nSPS) is 24.9. The Labute approximate surface area is 607 Å². The number of aliphatic hydroxyl groups excluding tert-OH is 1. The Balaban J connectivity index is 1.01. The number of methoxy groups -OCH3 is 1. The van der Waals surface area contributed by atoms with Crippen LogP contribution < -0.4 is 58.7 Å². The number of aromatic nitrogens is 5. The molecule has 0 unspecified atom stereocenters. The highest BCUT2D eigenvalue weighted by Crippen LogP contribution is 2.32. The second-order valence-corrected chi connectivity index (χ2v) is 27.4. The summed E-state index contributed by atoms with van der Waals surface area (Å²) in [5, 5.41) is 41.6. The minimum atomic E-state index is -1.92. The van der Waals surface area contributed by atoms with Crippen LogP contribution in [0.5, 0.6) is 5.75 Å². The smallest absolute Gasteiger partial charge is 0.246 e. The molecular weight excluding hydrogens is 1380 g/mol. The molecule has 0 spiro atoms. The van der Waals surface area contributed by atoms with Crippen LogP contribution in [0.3, 0.4) is 0 Å². The number of ether oxygens (including phenoxy) is 1.